The molecule has 1 heterocycles. The Morgan fingerprint density at radius 1 is 1.26 bits per heavy atom. The second-order valence-electron chi connectivity index (χ2n) is 5.74. The standard InChI is InChI=1S/C17H23NO3S2/c1-18(2)17(20)14-8-4-5-9-15(14)21-16(19)10-6-3-7-13-11-12-22-23-13/h4-5,8-9,13H,3,6-7,10-12H2,1-2H3. The molecule has 6 heteroatoms. The van der Waals surface area contributed by atoms with E-state index in [-0.39, 0.29) is 11.9 Å². The van der Waals surface area contributed by atoms with Crippen molar-refractivity contribution in [3.8, 4) is 5.75 Å². The Kier molecular flexibility index (Phi) is 7.30. The monoisotopic (exact) mass is 353 g/mol. The molecule has 0 N–H and O–H groups in total. The van der Waals surface area contributed by atoms with Crippen molar-refractivity contribution in [2.45, 2.75) is 37.4 Å². The third-order valence-corrected chi connectivity index (χ3v) is 6.64. The molecule has 1 saturated heterocycles. The Morgan fingerprint density at radius 3 is 2.74 bits per heavy atom. The molecule has 1 aliphatic rings. The highest BCUT2D eigenvalue weighted by Gasteiger charge is 2.18. The smallest absolute Gasteiger partial charge is 0.311 e. The number of nitrogens with zero attached hydrogens (tertiary/aromatic N) is 1. The van der Waals surface area contributed by atoms with Crippen LogP contribution in [0.4, 0.5) is 0 Å². The van der Waals surface area contributed by atoms with Crippen LogP contribution in [0.5, 0.6) is 5.75 Å². The van der Waals surface area contributed by atoms with Crippen LogP contribution < -0.4 is 4.74 Å². The van der Waals surface area contributed by atoms with Crippen LogP contribution >= 0.6 is 21.6 Å². The van der Waals surface area contributed by atoms with E-state index in [0.717, 1.165) is 18.1 Å². The predicted molar refractivity (Wildman–Crippen MR) is 97.0 cm³/mol. The van der Waals surface area contributed by atoms with E-state index in [0.29, 0.717) is 17.7 Å². The zero-order valence-corrected chi connectivity index (χ0v) is 15.3. The molecular weight excluding hydrogens is 330 g/mol. The molecule has 1 aromatic carbocycles. The summed E-state index contributed by atoms with van der Waals surface area (Å²) >= 11 is 0. The van der Waals surface area contributed by atoms with E-state index < -0.39 is 0 Å². The number of para-hydroxylation sites is 1. The van der Waals surface area contributed by atoms with Gasteiger partial charge in [0, 0.05) is 31.5 Å². The first-order valence-electron chi connectivity index (χ1n) is 7.87. The zero-order valence-electron chi connectivity index (χ0n) is 13.6. The molecular formula is C17H23NO3S2. The van der Waals surface area contributed by atoms with E-state index in [9.17, 15) is 9.59 Å². The van der Waals surface area contributed by atoms with E-state index in [4.69, 9.17) is 4.74 Å². The van der Waals surface area contributed by atoms with Gasteiger partial charge in [0.1, 0.15) is 5.75 Å². The number of amides is 1. The Bertz CT molecular complexity index is 542. The fourth-order valence-electron chi connectivity index (χ4n) is 2.35. The van der Waals surface area contributed by atoms with Gasteiger partial charge < -0.3 is 9.64 Å². The summed E-state index contributed by atoms with van der Waals surface area (Å²) in [6.45, 7) is 0. The fraction of sp³-hybridized carbons (Fsp3) is 0.529. The van der Waals surface area contributed by atoms with Gasteiger partial charge in [0.15, 0.2) is 0 Å². The highest BCUT2D eigenvalue weighted by atomic mass is 33.1. The van der Waals surface area contributed by atoms with Crippen molar-refractivity contribution in [2.24, 2.45) is 0 Å². The summed E-state index contributed by atoms with van der Waals surface area (Å²) in [7, 11) is 7.28. The summed E-state index contributed by atoms with van der Waals surface area (Å²) in [5.41, 5.74) is 0.422. The van der Waals surface area contributed by atoms with Gasteiger partial charge in [-0.1, -0.05) is 40.1 Å². The summed E-state index contributed by atoms with van der Waals surface area (Å²) in [5.74, 6) is 1.16. The minimum absolute atomic E-state index is 0.163. The summed E-state index contributed by atoms with van der Waals surface area (Å²) in [6, 6.07) is 6.89. The number of hydrogen-bond acceptors (Lipinski definition) is 5. The molecule has 1 amide bonds. The first kappa shape index (κ1) is 18.2. The maximum Gasteiger partial charge on any atom is 0.311 e. The van der Waals surface area contributed by atoms with Gasteiger partial charge in [0.25, 0.3) is 5.91 Å². The van der Waals surface area contributed by atoms with Gasteiger partial charge in [-0.3, -0.25) is 9.59 Å². The first-order chi connectivity index (χ1) is 11.1. The van der Waals surface area contributed by atoms with Crippen LogP contribution in [0, 0.1) is 0 Å². The zero-order chi connectivity index (χ0) is 16.7. The molecule has 0 spiro atoms. The molecule has 4 nitrogen and oxygen atoms in total. The first-order valence-corrected chi connectivity index (χ1v) is 10.3. The quantitative estimate of drug-likeness (QED) is 0.321. The van der Waals surface area contributed by atoms with Gasteiger partial charge in [-0.05, 0) is 31.4 Å². The van der Waals surface area contributed by atoms with Crippen LogP contribution in [0.15, 0.2) is 24.3 Å². The number of benzene rings is 1. The fourth-order valence-corrected chi connectivity index (χ4v) is 5.38. The van der Waals surface area contributed by atoms with Gasteiger partial charge in [0.2, 0.25) is 0 Å². The molecule has 1 unspecified atom stereocenters. The minimum Gasteiger partial charge on any atom is -0.426 e. The van der Waals surface area contributed by atoms with Crippen LogP contribution in [0.1, 0.15) is 42.5 Å². The van der Waals surface area contributed by atoms with E-state index in [2.05, 4.69) is 0 Å². The Morgan fingerprint density at radius 2 is 2.04 bits per heavy atom. The summed E-state index contributed by atoms with van der Waals surface area (Å²) in [6.07, 6.45) is 4.73. The number of carbonyl (C=O) groups excluding carboxylic acids is 2. The average molecular weight is 354 g/mol. The lowest BCUT2D eigenvalue weighted by atomic mass is 10.1. The van der Waals surface area contributed by atoms with Crippen LogP contribution in [0.2, 0.25) is 0 Å². The molecule has 0 bridgehead atoms. The van der Waals surface area contributed by atoms with Crippen molar-refractivity contribution in [1.29, 1.82) is 0 Å². The molecule has 0 radical (unpaired) electrons. The second kappa shape index (κ2) is 9.23. The predicted octanol–water partition coefficient (Wildman–Crippen LogP) is 4.01. The van der Waals surface area contributed by atoms with Gasteiger partial charge >= 0.3 is 5.97 Å². The number of unbranched alkanes of at least 4 members (excludes halogenated alkanes) is 1. The molecule has 1 aromatic rings. The lowest BCUT2D eigenvalue weighted by Crippen LogP contribution is -2.23. The maximum absolute atomic E-state index is 12.1. The summed E-state index contributed by atoms with van der Waals surface area (Å²) in [5, 5.41) is 0.745. The van der Waals surface area contributed by atoms with E-state index in [1.54, 1.807) is 38.4 Å². The minimum atomic E-state index is -0.266. The third kappa shape index (κ3) is 5.77. The van der Waals surface area contributed by atoms with Crippen LogP contribution in [-0.2, 0) is 4.79 Å². The highest BCUT2D eigenvalue weighted by Crippen LogP contribution is 2.39. The van der Waals surface area contributed by atoms with Crippen LogP contribution in [-0.4, -0.2) is 41.9 Å². The van der Waals surface area contributed by atoms with Gasteiger partial charge in [-0.25, -0.2) is 0 Å². The SMILES string of the molecule is CN(C)C(=O)c1ccccc1OC(=O)CCCCC1CCSS1. The van der Waals surface area contributed by atoms with Crippen molar-refractivity contribution >= 4 is 33.5 Å². The van der Waals surface area contributed by atoms with Crippen molar-refractivity contribution in [2.75, 3.05) is 19.8 Å². The van der Waals surface area contributed by atoms with Crippen molar-refractivity contribution in [1.82, 2.24) is 4.90 Å². The van der Waals surface area contributed by atoms with Crippen LogP contribution in [0.3, 0.4) is 0 Å². The van der Waals surface area contributed by atoms with Crippen molar-refractivity contribution in [3.05, 3.63) is 29.8 Å². The number of ether oxygens (including phenoxy) is 1. The second-order valence-corrected chi connectivity index (χ2v) is 8.53. The van der Waals surface area contributed by atoms with E-state index >= 15 is 0 Å². The Hall–Kier alpha value is -1.14. The van der Waals surface area contributed by atoms with Crippen molar-refractivity contribution in [3.63, 3.8) is 0 Å². The summed E-state index contributed by atoms with van der Waals surface area (Å²) in [4.78, 5) is 25.6. The van der Waals surface area contributed by atoms with Crippen LogP contribution in [0.25, 0.3) is 0 Å². The number of hydrogen-bond donors (Lipinski definition) is 0. The topological polar surface area (TPSA) is 46.6 Å². The Labute approximate surface area is 145 Å². The largest absolute Gasteiger partial charge is 0.426 e. The number of carbonyl (C=O) groups is 2. The molecule has 23 heavy (non-hydrogen) atoms. The van der Waals surface area contributed by atoms with Gasteiger partial charge in [-0.15, -0.1) is 0 Å². The third-order valence-electron chi connectivity index (χ3n) is 3.63. The maximum atomic E-state index is 12.1. The van der Waals surface area contributed by atoms with Crippen molar-refractivity contribution < 1.29 is 14.3 Å². The highest BCUT2D eigenvalue weighted by molar-refractivity contribution is 8.77. The lowest BCUT2D eigenvalue weighted by molar-refractivity contribution is -0.134. The molecule has 1 fully saturated rings. The molecule has 2 rings (SSSR count). The van der Waals surface area contributed by atoms with E-state index in [1.165, 1.54) is 23.5 Å². The molecule has 1 aliphatic heterocycles. The lowest BCUT2D eigenvalue weighted by Gasteiger charge is -2.14. The number of esters is 1. The molecule has 126 valence electrons. The van der Waals surface area contributed by atoms with Gasteiger partial charge in [-0.2, -0.15) is 0 Å². The normalized spacial score (nSPS) is 17.0. The number of rotatable bonds is 7. The molecule has 0 saturated carbocycles. The van der Waals surface area contributed by atoms with Gasteiger partial charge in [0.05, 0.1) is 5.56 Å². The molecule has 1 atom stereocenters. The molecule has 0 aliphatic carbocycles. The Balaban J connectivity index is 1.79. The summed E-state index contributed by atoms with van der Waals surface area (Å²) < 4.78 is 5.39. The average Bonchev–Trinajstić information content (AvgIpc) is 3.04. The molecule has 0 aromatic heterocycles. The van der Waals surface area contributed by atoms with E-state index in [1.807, 2.05) is 21.6 Å².